The fourth-order valence-corrected chi connectivity index (χ4v) is 5.72. The molecule has 1 spiro atoms. The van der Waals surface area contributed by atoms with Gasteiger partial charge in [-0.3, -0.25) is 0 Å². The number of aliphatic hydroxyl groups is 1. The molecular weight excluding hydrogens is 350 g/mol. The van der Waals surface area contributed by atoms with Crippen molar-refractivity contribution in [2.45, 2.75) is 43.1 Å². The zero-order valence-electron chi connectivity index (χ0n) is 22.5. The van der Waals surface area contributed by atoms with Gasteiger partial charge in [0.2, 0.25) is 0 Å². The highest BCUT2D eigenvalue weighted by Gasteiger charge is 2.64. The second-order valence-corrected chi connectivity index (χ2v) is 8.11. The first-order valence-electron chi connectivity index (χ1n) is 13.1. The molecule has 0 saturated carbocycles. The number of likely N-dealkylation sites (N-methyl/N-ethyl adjacent to an activating group) is 1. The molecule has 2 aromatic rings. The van der Waals surface area contributed by atoms with E-state index in [0.717, 1.165) is 30.5 Å². The quantitative estimate of drug-likeness (QED) is 0.829. The minimum atomic E-state index is -2.73. The minimum Gasteiger partial charge on any atom is -0.485 e. The highest BCUT2D eigenvalue weighted by molar-refractivity contribution is 5.62. The van der Waals surface area contributed by atoms with Crippen molar-refractivity contribution < 1.29 is 24.2 Å². The Kier molecular flexibility index (Phi) is 2.30. The number of rotatable bonds is 3. The summed E-state index contributed by atoms with van der Waals surface area (Å²) in [7, 11) is 2.11. The monoisotopic (exact) mass is 382 g/mol. The third kappa shape index (κ3) is 2.08. The number of hydrogen-bond acceptors (Lipinski definition) is 4. The van der Waals surface area contributed by atoms with Crippen LogP contribution in [0.3, 0.4) is 0 Å². The van der Waals surface area contributed by atoms with Crippen molar-refractivity contribution in [3.63, 3.8) is 0 Å². The lowest BCUT2D eigenvalue weighted by molar-refractivity contribution is -0.0454. The van der Waals surface area contributed by atoms with Crippen LogP contribution in [0.2, 0.25) is 0 Å². The van der Waals surface area contributed by atoms with Gasteiger partial charge in [0, 0.05) is 22.9 Å². The molecule has 0 radical (unpaired) electrons. The maximum atomic E-state index is 10.9. The maximum absolute atomic E-state index is 10.9. The van der Waals surface area contributed by atoms with Crippen LogP contribution in [-0.2, 0) is 18.4 Å². The molecule has 144 valence electrons. The molecule has 2 aliphatic carbocycles. The standard InChI is InChI=1S/C24H25NO3/c1-25-12-11-24-17-8-9-19(26)23(24)28-22-20(27-14-15-5-3-2-4-6-15)10-7-16(21(22)24)13-18(17)25/h2-10,17-19,23,26H,11-14H2,1H3/t17-,18+,19-,23-,24-/m0/s1/i2D,3D,4D,5D,6D,14D2. The Morgan fingerprint density at radius 2 is 2.18 bits per heavy atom. The van der Waals surface area contributed by atoms with Crippen LogP contribution in [0.25, 0.3) is 0 Å². The van der Waals surface area contributed by atoms with Crippen LogP contribution in [0, 0.1) is 5.92 Å². The fourth-order valence-electron chi connectivity index (χ4n) is 5.72. The molecule has 4 nitrogen and oxygen atoms in total. The minimum absolute atomic E-state index is 0.0904. The predicted molar refractivity (Wildman–Crippen MR) is 107 cm³/mol. The number of piperidine rings is 1. The van der Waals surface area contributed by atoms with Gasteiger partial charge in [-0.2, -0.15) is 0 Å². The van der Waals surface area contributed by atoms with Crippen LogP contribution >= 0.6 is 0 Å². The molecule has 1 fully saturated rings. The lowest BCUT2D eigenvalue weighted by Gasteiger charge is -2.56. The number of aliphatic hydroxyl groups excluding tert-OH is 1. The van der Waals surface area contributed by atoms with E-state index < -0.39 is 60.0 Å². The van der Waals surface area contributed by atoms with Gasteiger partial charge in [-0.25, -0.2) is 0 Å². The number of ether oxygens (including phenoxy) is 2. The molecule has 2 heterocycles. The van der Waals surface area contributed by atoms with E-state index in [9.17, 15) is 5.11 Å². The summed E-state index contributed by atoms with van der Waals surface area (Å²) in [5, 5.41) is 10.9. The Labute approximate surface area is 175 Å². The first kappa shape index (κ1) is 11.0. The topological polar surface area (TPSA) is 41.9 Å². The van der Waals surface area contributed by atoms with Gasteiger partial charge in [0.15, 0.2) is 11.5 Å². The third-order valence-electron chi connectivity index (χ3n) is 6.90. The Morgan fingerprint density at radius 1 is 1.32 bits per heavy atom. The number of benzene rings is 2. The SMILES string of the molecule is [2H]c1c([2H])c([2H])c(C([2H])([2H])Oc2ccc3c4c2O[C@H]2[C@@H](O)C=C[C@H]5[C@@H](C3)N(C)CC[C@@]452)c([2H])c1[2H]. The molecule has 0 amide bonds. The first-order valence-corrected chi connectivity index (χ1v) is 9.65. The third-order valence-corrected chi connectivity index (χ3v) is 6.90. The summed E-state index contributed by atoms with van der Waals surface area (Å²) in [6, 6.07) is 0.628. The van der Waals surface area contributed by atoms with E-state index in [4.69, 9.17) is 19.1 Å². The average Bonchev–Trinajstić information content (AvgIpc) is 3.17. The Morgan fingerprint density at radius 3 is 3.04 bits per heavy atom. The van der Waals surface area contributed by atoms with E-state index >= 15 is 0 Å². The Hall–Kier alpha value is -2.30. The second kappa shape index (κ2) is 5.85. The molecule has 5 atom stereocenters. The van der Waals surface area contributed by atoms with E-state index in [1.807, 2.05) is 6.07 Å². The smallest absolute Gasteiger partial charge is 0.166 e. The molecule has 2 bridgehead atoms. The summed E-state index contributed by atoms with van der Waals surface area (Å²) in [4.78, 5) is 2.34. The molecular formula is C24H25NO3. The Balaban J connectivity index is 1.49. The van der Waals surface area contributed by atoms with Crippen molar-refractivity contribution in [3.05, 3.63) is 71.2 Å². The van der Waals surface area contributed by atoms with Crippen LogP contribution in [0.1, 0.15) is 32.7 Å². The summed E-state index contributed by atoms with van der Waals surface area (Å²) >= 11 is 0. The molecule has 4 aliphatic rings. The van der Waals surface area contributed by atoms with Crippen LogP contribution in [0.5, 0.6) is 11.5 Å². The number of likely N-dealkylation sites (tertiary alicyclic amines) is 1. The van der Waals surface area contributed by atoms with Gasteiger partial charge in [-0.05, 0) is 43.6 Å². The molecule has 6 rings (SSSR count). The first-order chi connectivity index (χ1) is 16.5. The van der Waals surface area contributed by atoms with Crippen molar-refractivity contribution in [3.8, 4) is 11.5 Å². The highest BCUT2D eigenvalue weighted by atomic mass is 16.5. The molecule has 1 N–H and O–H groups in total. The molecule has 1 saturated heterocycles. The van der Waals surface area contributed by atoms with Gasteiger partial charge in [-0.15, -0.1) is 0 Å². The average molecular weight is 383 g/mol. The number of nitrogens with zero attached hydrogens (tertiary/aromatic N) is 1. The van der Waals surface area contributed by atoms with Crippen LogP contribution in [0.4, 0.5) is 0 Å². The Bertz CT molecular complexity index is 1270. The van der Waals surface area contributed by atoms with E-state index in [0.29, 0.717) is 5.75 Å². The van der Waals surface area contributed by atoms with Gasteiger partial charge in [0.1, 0.15) is 18.8 Å². The van der Waals surface area contributed by atoms with E-state index in [-0.39, 0.29) is 17.7 Å². The van der Waals surface area contributed by atoms with Gasteiger partial charge < -0.3 is 19.5 Å². The lowest BCUT2D eigenvalue weighted by Crippen LogP contribution is -2.64. The van der Waals surface area contributed by atoms with Gasteiger partial charge in [-0.1, -0.05) is 48.4 Å². The second-order valence-electron chi connectivity index (χ2n) is 8.11. The summed E-state index contributed by atoms with van der Waals surface area (Å²) in [6.07, 6.45) is 4.08. The fraction of sp³-hybridized carbons (Fsp3) is 0.417. The van der Waals surface area contributed by atoms with Crippen molar-refractivity contribution in [1.82, 2.24) is 4.90 Å². The van der Waals surface area contributed by atoms with E-state index in [1.54, 1.807) is 12.1 Å². The normalized spacial score (nSPS) is 38.7. The molecule has 28 heavy (non-hydrogen) atoms. The van der Waals surface area contributed by atoms with Crippen molar-refractivity contribution in [1.29, 1.82) is 0 Å². The van der Waals surface area contributed by atoms with Crippen molar-refractivity contribution >= 4 is 0 Å². The summed E-state index contributed by atoms with van der Waals surface area (Å²) < 4.78 is 69.3. The zero-order valence-corrected chi connectivity index (χ0v) is 15.5. The van der Waals surface area contributed by atoms with Gasteiger partial charge >= 0.3 is 0 Å². The van der Waals surface area contributed by atoms with Gasteiger partial charge in [0.25, 0.3) is 0 Å². The maximum Gasteiger partial charge on any atom is 0.166 e. The number of hydrogen-bond donors (Lipinski definition) is 1. The van der Waals surface area contributed by atoms with Crippen LogP contribution in [0.15, 0.2) is 54.5 Å². The van der Waals surface area contributed by atoms with E-state index in [2.05, 4.69) is 18.0 Å². The summed E-state index contributed by atoms with van der Waals surface area (Å²) in [5.41, 5.74) is 1.00. The van der Waals surface area contributed by atoms with Crippen molar-refractivity contribution in [2.24, 2.45) is 5.92 Å². The molecule has 4 heteroatoms. The largest absolute Gasteiger partial charge is 0.485 e. The van der Waals surface area contributed by atoms with Crippen LogP contribution in [-0.4, -0.2) is 41.8 Å². The zero-order chi connectivity index (χ0) is 25.0. The molecule has 0 aromatic heterocycles. The lowest BCUT2D eigenvalue weighted by atomic mass is 9.53. The van der Waals surface area contributed by atoms with Gasteiger partial charge in [0.05, 0.1) is 9.60 Å². The molecule has 2 aromatic carbocycles. The summed E-state index contributed by atoms with van der Waals surface area (Å²) in [6.45, 7) is -1.89. The predicted octanol–water partition coefficient (Wildman–Crippen LogP) is 3.07. The van der Waals surface area contributed by atoms with E-state index in [1.165, 1.54) is 0 Å². The van der Waals surface area contributed by atoms with Crippen molar-refractivity contribution in [2.75, 3.05) is 13.6 Å². The molecule has 2 aliphatic heterocycles. The molecule has 0 unspecified atom stereocenters. The summed E-state index contributed by atoms with van der Waals surface area (Å²) in [5.74, 6) is 0.601. The highest BCUT2D eigenvalue weighted by Crippen LogP contribution is 2.62. The van der Waals surface area contributed by atoms with Crippen LogP contribution < -0.4 is 9.47 Å².